The van der Waals surface area contributed by atoms with Gasteiger partial charge in [-0.25, -0.2) is 0 Å². The van der Waals surface area contributed by atoms with Gasteiger partial charge >= 0.3 is 0 Å². The molecule has 2 unspecified atom stereocenters. The summed E-state index contributed by atoms with van der Waals surface area (Å²) >= 11 is 0. The first-order valence-corrected chi connectivity index (χ1v) is 12.8. The summed E-state index contributed by atoms with van der Waals surface area (Å²) in [5, 5.41) is 21.9. The van der Waals surface area contributed by atoms with Gasteiger partial charge < -0.3 is 10.2 Å². The van der Waals surface area contributed by atoms with Gasteiger partial charge in [0.25, 0.3) is 0 Å². The van der Waals surface area contributed by atoms with Gasteiger partial charge in [-0.3, -0.25) is 5.32 Å². The molecule has 0 aromatic heterocycles. The van der Waals surface area contributed by atoms with Crippen molar-refractivity contribution in [1.82, 2.24) is 5.32 Å². The van der Waals surface area contributed by atoms with Crippen LogP contribution in [0.2, 0.25) is 0 Å². The standard InChI is InChI=1S/C25H53NO2/c1-3-5-6-7-8-9-10-11-12-13-14-15-16-17-18-19-20-21-22-23-25(28)26-24(27)4-2/h24-28H,3-23H2,1-2H3. The van der Waals surface area contributed by atoms with Crippen LogP contribution in [0.15, 0.2) is 0 Å². The Balaban J connectivity index is 3.08. The zero-order chi connectivity index (χ0) is 20.7. The molecule has 0 amide bonds. The SMILES string of the molecule is CCCCCCCCCCCCCCCCCCCCCC(O)NC(O)CC. The minimum absolute atomic E-state index is 0.555. The van der Waals surface area contributed by atoms with Crippen LogP contribution >= 0.6 is 0 Å². The lowest BCUT2D eigenvalue weighted by Gasteiger charge is -2.16. The quantitative estimate of drug-likeness (QED) is 0.123. The molecule has 0 aromatic carbocycles. The van der Waals surface area contributed by atoms with E-state index in [-0.39, 0.29) is 0 Å². The fourth-order valence-electron chi connectivity index (χ4n) is 3.84. The fourth-order valence-corrected chi connectivity index (χ4v) is 3.84. The molecule has 3 N–H and O–H groups in total. The summed E-state index contributed by atoms with van der Waals surface area (Å²) in [7, 11) is 0. The Morgan fingerprint density at radius 1 is 0.464 bits per heavy atom. The van der Waals surface area contributed by atoms with Gasteiger partial charge in [-0.1, -0.05) is 129 Å². The lowest BCUT2D eigenvalue weighted by molar-refractivity contribution is 0.0348. The van der Waals surface area contributed by atoms with Gasteiger partial charge in [-0.05, 0) is 19.3 Å². The molecule has 0 aliphatic heterocycles. The van der Waals surface area contributed by atoms with E-state index in [0.29, 0.717) is 6.42 Å². The second-order valence-electron chi connectivity index (χ2n) is 8.76. The van der Waals surface area contributed by atoms with Crippen LogP contribution in [0.4, 0.5) is 0 Å². The Labute approximate surface area is 177 Å². The Morgan fingerprint density at radius 3 is 1.11 bits per heavy atom. The van der Waals surface area contributed by atoms with Crippen LogP contribution in [0.25, 0.3) is 0 Å². The van der Waals surface area contributed by atoms with E-state index in [1.165, 1.54) is 116 Å². The number of nitrogens with one attached hydrogen (secondary N) is 1. The van der Waals surface area contributed by atoms with Crippen molar-refractivity contribution >= 4 is 0 Å². The maximum atomic E-state index is 9.72. The zero-order valence-corrected chi connectivity index (χ0v) is 19.4. The van der Waals surface area contributed by atoms with Crippen LogP contribution < -0.4 is 5.32 Å². The van der Waals surface area contributed by atoms with E-state index >= 15 is 0 Å². The highest BCUT2D eigenvalue weighted by atomic mass is 16.3. The molecule has 28 heavy (non-hydrogen) atoms. The van der Waals surface area contributed by atoms with Crippen molar-refractivity contribution in [3.8, 4) is 0 Å². The summed E-state index contributed by atoms with van der Waals surface area (Å²) in [5.74, 6) is 0. The number of unbranched alkanes of at least 4 members (excludes halogenated alkanes) is 18. The van der Waals surface area contributed by atoms with E-state index in [1.54, 1.807) is 0 Å². The molecular formula is C25H53NO2. The maximum absolute atomic E-state index is 9.72. The second-order valence-corrected chi connectivity index (χ2v) is 8.76. The third-order valence-corrected chi connectivity index (χ3v) is 5.85. The van der Waals surface area contributed by atoms with E-state index in [1.807, 2.05) is 6.92 Å². The summed E-state index contributed by atoms with van der Waals surface area (Å²) in [6.07, 6.45) is 26.5. The van der Waals surface area contributed by atoms with Gasteiger partial charge in [0.2, 0.25) is 0 Å². The van der Waals surface area contributed by atoms with Gasteiger partial charge in [0.05, 0.1) is 0 Å². The summed E-state index contributed by atoms with van der Waals surface area (Å²) in [4.78, 5) is 0. The molecule has 0 radical (unpaired) electrons. The summed E-state index contributed by atoms with van der Waals surface area (Å²) < 4.78 is 0. The first kappa shape index (κ1) is 27.9. The van der Waals surface area contributed by atoms with Crippen molar-refractivity contribution in [3.05, 3.63) is 0 Å². The molecule has 170 valence electrons. The molecule has 3 heteroatoms. The number of aliphatic hydroxyl groups is 2. The Bertz CT molecular complexity index is 286. The smallest absolute Gasteiger partial charge is 0.106 e. The highest BCUT2D eigenvalue weighted by molar-refractivity contribution is 4.57. The van der Waals surface area contributed by atoms with Crippen molar-refractivity contribution < 1.29 is 10.2 Å². The van der Waals surface area contributed by atoms with E-state index in [0.717, 1.165) is 12.8 Å². The van der Waals surface area contributed by atoms with E-state index < -0.39 is 12.5 Å². The normalized spacial score (nSPS) is 13.7. The van der Waals surface area contributed by atoms with Crippen molar-refractivity contribution in [2.75, 3.05) is 0 Å². The molecule has 0 bridgehead atoms. The van der Waals surface area contributed by atoms with Gasteiger partial charge in [0, 0.05) is 0 Å². The molecule has 0 saturated carbocycles. The molecule has 0 heterocycles. The van der Waals surface area contributed by atoms with Gasteiger partial charge in [-0.15, -0.1) is 0 Å². The topological polar surface area (TPSA) is 52.5 Å². The van der Waals surface area contributed by atoms with Crippen molar-refractivity contribution in [3.63, 3.8) is 0 Å². The highest BCUT2D eigenvalue weighted by Crippen LogP contribution is 2.15. The Morgan fingerprint density at radius 2 is 0.786 bits per heavy atom. The average Bonchev–Trinajstić information content (AvgIpc) is 2.69. The average molecular weight is 400 g/mol. The van der Waals surface area contributed by atoms with Crippen molar-refractivity contribution in [2.24, 2.45) is 0 Å². The highest BCUT2D eigenvalue weighted by Gasteiger charge is 2.07. The number of aliphatic hydroxyl groups excluding tert-OH is 2. The molecule has 0 spiro atoms. The lowest BCUT2D eigenvalue weighted by Crippen LogP contribution is -2.37. The Hall–Kier alpha value is -0.120. The van der Waals surface area contributed by atoms with Crippen LogP contribution in [0, 0.1) is 0 Å². The van der Waals surface area contributed by atoms with Crippen LogP contribution in [-0.2, 0) is 0 Å². The Kier molecular flexibility index (Phi) is 23.1. The van der Waals surface area contributed by atoms with Crippen molar-refractivity contribution in [2.45, 2.75) is 161 Å². The molecule has 0 aromatic rings. The summed E-state index contributed by atoms with van der Waals surface area (Å²) in [6.45, 7) is 4.19. The van der Waals surface area contributed by atoms with E-state index in [9.17, 15) is 10.2 Å². The third kappa shape index (κ3) is 22.2. The van der Waals surface area contributed by atoms with E-state index in [2.05, 4.69) is 12.2 Å². The largest absolute Gasteiger partial charge is 0.379 e. The van der Waals surface area contributed by atoms with Crippen LogP contribution in [-0.4, -0.2) is 22.7 Å². The summed E-state index contributed by atoms with van der Waals surface area (Å²) in [5.41, 5.74) is 0. The first-order valence-electron chi connectivity index (χ1n) is 12.8. The number of hydrogen-bond donors (Lipinski definition) is 3. The van der Waals surface area contributed by atoms with Crippen LogP contribution in [0.3, 0.4) is 0 Å². The monoisotopic (exact) mass is 399 g/mol. The molecule has 0 aliphatic carbocycles. The molecule has 0 aliphatic rings. The fraction of sp³-hybridized carbons (Fsp3) is 1.00. The molecule has 2 atom stereocenters. The van der Waals surface area contributed by atoms with Crippen LogP contribution in [0.1, 0.15) is 149 Å². The number of hydrogen-bond acceptors (Lipinski definition) is 3. The summed E-state index contributed by atoms with van der Waals surface area (Å²) in [6, 6.07) is 0. The van der Waals surface area contributed by atoms with Crippen LogP contribution in [0.5, 0.6) is 0 Å². The number of rotatable bonds is 23. The second kappa shape index (κ2) is 23.2. The van der Waals surface area contributed by atoms with Gasteiger partial charge in [0.1, 0.15) is 12.5 Å². The van der Waals surface area contributed by atoms with Gasteiger partial charge in [0.15, 0.2) is 0 Å². The minimum Gasteiger partial charge on any atom is -0.379 e. The molecule has 0 fully saturated rings. The molecule has 0 saturated heterocycles. The van der Waals surface area contributed by atoms with Gasteiger partial charge in [-0.2, -0.15) is 0 Å². The predicted octanol–water partition coefficient (Wildman–Crippen LogP) is 7.44. The molecule has 3 nitrogen and oxygen atoms in total. The third-order valence-electron chi connectivity index (χ3n) is 5.85. The molecular weight excluding hydrogens is 346 g/mol. The first-order chi connectivity index (χ1) is 13.7. The predicted molar refractivity (Wildman–Crippen MR) is 123 cm³/mol. The van der Waals surface area contributed by atoms with E-state index in [4.69, 9.17) is 0 Å². The maximum Gasteiger partial charge on any atom is 0.106 e. The minimum atomic E-state index is -0.574. The zero-order valence-electron chi connectivity index (χ0n) is 19.4. The molecule has 0 rings (SSSR count). The van der Waals surface area contributed by atoms with Crippen molar-refractivity contribution in [1.29, 1.82) is 0 Å². The lowest BCUT2D eigenvalue weighted by atomic mass is 10.0.